The van der Waals surface area contributed by atoms with Crippen LogP contribution in [0.3, 0.4) is 0 Å². The van der Waals surface area contributed by atoms with Crippen molar-refractivity contribution in [2.45, 2.75) is 52.1 Å². The average Bonchev–Trinajstić information content (AvgIpc) is 2.58. The molecule has 0 radical (unpaired) electrons. The van der Waals surface area contributed by atoms with Crippen molar-refractivity contribution in [1.29, 1.82) is 0 Å². The number of hydrogen-bond donors (Lipinski definition) is 2. The van der Waals surface area contributed by atoms with Crippen molar-refractivity contribution in [2.24, 2.45) is 4.99 Å². The van der Waals surface area contributed by atoms with Gasteiger partial charge in [0.15, 0.2) is 5.96 Å². The molecule has 1 saturated heterocycles. The summed E-state index contributed by atoms with van der Waals surface area (Å²) in [5.74, 6) is 0.665. The van der Waals surface area contributed by atoms with Gasteiger partial charge in [-0.15, -0.1) is 24.0 Å². The van der Waals surface area contributed by atoms with Crippen LogP contribution in [0.1, 0.15) is 39.2 Å². The van der Waals surface area contributed by atoms with Gasteiger partial charge in [-0.05, 0) is 63.8 Å². The van der Waals surface area contributed by atoms with Gasteiger partial charge in [0.2, 0.25) is 0 Å². The fourth-order valence-electron chi connectivity index (χ4n) is 3.10. The Balaban J connectivity index is 0.00000338. The number of piperidine rings is 1. The van der Waals surface area contributed by atoms with Crippen molar-refractivity contribution < 1.29 is 4.39 Å². The molecule has 0 saturated carbocycles. The first kappa shape index (κ1) is 23.6. The van der Waals surface area contributed by atoms with E-state index in [0.29, 0.717) is 30.6 Å². The van der Waals surface area contributed by atoms with E-state index in [4.69, 9.17) is 0 Å². The molecule has 0 spiro atoms. The van der Waals surface area contributed by atoms with Gasteiger partial charge >= 0.3 is 0 Å². The standard InChI is InChI=1S/C19H30BrFN4.HI/c1-4-22-19(24-17-8-11-25(12-9-17)14(2)3)23-10-7-15-13-16(20)5-6-18(15)21;/h5-6,13-14,17H,4,7-12H2,1-3H3,(H2,22,23,24);1H. The minimum atomic E-state index is -0.169. The molecule has 1 fully saturated rings. The number of likely N-dealkylation sites (tertiary alicyclic amines) is 1. The van der Waals surface area contributed by atoms with E-state index in [0.717, 1.165) is 42.9 Å². The van der Waals surface area contributed by atoms with Gasteiger partial charge in [0.1, 0.15) is 5.82 Å². The summed E-state index contributed by atoms with van der Waals surface area (Å²) in [5, 5.41) is 6.84. The zero-order chi connectivity index (χ0) is 18.2. The highest BCUT2D eigenvalue weighted by atomic mass is 127. The van der Waals surface area contributed by atoms with Gasteiger partial charge in [0.25, 0.3) is 0 Å². The molecule has 1 aliphatic heterocycles. The minimum Gasteiger partial charge on any atom is -0.357 e. The lowest BCUT2D eigenvalue weighted by molar-refractivity contribution is 0.167. The normalized spacial score (nSPS) is 16.5. The molecule has 0 bridgehead atoms. The van der Waals surface area contributed by atoms with Crippen molar-refractivity contribution in [1.82, 2.24) is 15.5 Å². The maximum absolute atomic E-state index is 13.8. The Labute approximate surface area is 182 Å². The van der Waals surface area contributed by atoms with Crippen molar-refractivity contribution in [3.05, 3.63) is 34.1 Å². The van der Waals surface area contributed by atoms with E-state index < -0.39 is 0 Å². The Morgan fingerprint density at radius 2 is 2.04 bits per heavy atom. The molecule has 1 aromatic rings. The maximum Gasteiger partial charge on any atom is 0.191 e. The number of nitrogens with one attached hydrogen (secondary N) is 2. The predicted molar refractivity (Wildman–Crippen MR) is 122 cm³/mol. The molecule has 2 rings (SSSR count). The summed E-state index contributed by atoms with van der Waals surface area (Å²) in [6.45, 7) is 10.2. The lowest BCUT2D eigenvalue weighted by Crippen LogP contribution is -2.49. The summed E-state index contributed by atoms with van der Waals surface area (Å²) >= 11 is 3.39. The number of hydrogen-bond acceptors (Lipinski definition) is 2. The van der Waals surface area contributed by atoms with Gasteiger partial charge in [-0.1, -0.05) is 15.9 Å². The minimum absolute atomic E-state index is 0. The molecule has 148 valence electrons. The van der Waals surface area contributed by atoms with Crippen molar-refractivity contribution in [3.8, 4) is 0 Å². The van der Waals surface area contributed by atoms with Crippen LogP contribution >= 0.6 is 39.9 Å². The lowest BCUT2D eigenvalue weighted by atomic mass is 10.0. The van der Waals surface area contributed by atoms with Gasteiger partial charge in [-0.3, -0.25) is 4.99 Å². The zero-order valence-corrected chi connectivity index (χ0v) is 19.8. The van der Waals surface area contributed by atoms with E-state index in [1.165, 1.54) is 6.07 Å². The first-order valence-corrected chi connectivity index (χ1v) is 10.0. The third-order valence-corrected chi connectivity index (χ3v) is 5.10. The fourth-order valence-corrected chi connectivity index (χ4v) is 3.51. The second kappa shape index (κ2) is 12.1. The van der Waals surface area contributed by atoms with Crippen molar-refractivity contribution in [3.63, 3.8) is 0 Å². The molecule has 26 heavy (non-hydrogen) atoms. The molecule has 0 atom stereocenters. The summed E-state index contributed by atoms with van der Waals surface area (Å²) in [4.78, 5) is 7.14. The summed E-state index contributed by atoms with van der Waals surface area (Å²) in [5.41, 5.74) is 0.694. The highest BCUT2D eigenvalue weighted by molar-refractivity contribution is 14.0. The van der Waals surface area contributed by atoms with Crippen molar-refractivity contribution in [2.75, 3.05) is 26.2 Å². The molecular formula is C19H31BrFIN4. The van der Waals surface area contributed by atoms with Crippen LogP contribution in [0.25, 0.3) is 0 Å². The molecule has 0 amide bonds. The van der Waals surface area contributed by atoms with Crippen LogP contribution < -0.4 is 10.6 Å². The Hall–Kier alpha value is -0.410. The monoisotopic (exact) mass is 540 g/mol. The molecule has 1 aromatic carbocycles. The molecule has 0 aliphatic carbocycles. The molecule has 0 unspecified atom stereocenters. The summed E-state index contributed by atoms with van der Waals surface area (Å²) in [6, 6.07) is 6.11. The van der Waals surface area contributed by atoms with E-state index in [1.807, 2.05) is 6.07 Å². The summed E-state index contributed by atoms with van der Waals surface area (Å²) < 4.78 is 14.7. The van der Waals surface area contributed by atoms with Crippen molar-refractivity contribution >= 4 is 45.9 Å². The quantitative estimate of drug-likeness (QED) is 0.323. The smallest absolute Gasteiger partial charge is 0.191 e. The highest BCUT2D eigenvalue weighted by Crippen LogP contribution is 2.16. The number of aliphatic imine (C=N–C) groups is 1. The van der Waals surface area contributed by atoms with E-state index in [2.05, 4.69) is 57.2 Å². The van der Waals surface area contributed by atoms with Gasteiger partial charge in [0, 0.05) is 42.7 Å². The Kier molecular flexibility index (Phi) is 11.0. The van der Waals surface area contributed by atoms with Gasteiger partial charge in [-0.2, -0.15) is 0 Å². The predicted octanol–water partition coefficient (Wildman–Crippen LogP) is 4.18. The van der Waals surface area contributed by atoms with E-state index in [1.54, 1.807) is 6.07 Å². The van der Waals surface area contributed by atoms with Gasteiger partial charge in [0.05, 0.1) is 0 Å². The molecule has 0 aromatic heterocycles. The largest absolute Gasteiger partial charge is 0.357 e. The third kappa shape index (κ3) is 7.68. The van der Waals surface area contributed by atoms with Crippen LogP contribution in [-0.4, -0.2) is 49.1 Å². The van der Waals surface area contributed by atoms with Crippen LogP contribution in [0, 0.1) is 5.82 Å². The third-order valence-electron chi connectivity index (χ3n) is 4.60. The molecule has 1 heterocycles. The lowest BCUT2D eigenvalue weighted by Gasteiger charge is -2.35. The Morgan fingerprint density at radius 3 is 2.65 bits per heavy atom. The van der Waals surface area contributed by atoms with E-state index >= 15 is 0 Å². The second-order valence-electron chi connectivity index (χ2n) is 6.79. The van der Waals surface area contributed by atoms with Crippen LogP contribution in [-0.2, 0) is 6.42 Å². The Bertz CT molecular complexity index is 575. The number of halogens is 3. The van der Waals surface area contributed by atoms with Gasteiger partial charge in [-0.25, -0.2) is 4.39 Å². The number of benzene rings is 1. The SMILES string of the molecule is CCNC(=NCCc1cc(Br)ccc1F)NC1CCN(C(C)C)CC1.I. The Morgan fingerprint density at radius 1 is 1.35 bits per heavy atom. The maximum atomic E-state index is 13.8. The molecule has 1 aliphatic rings. The molecular weight excluding hydrogens is 510 g/mol. The van der Waals surface area contributed by atoms with E-state index in [-0.39, 0.29) is 29.8 Å². The molecule has 7 heteroatoms. The summed E-state index contributed by atoms with van der Waals surface area (Å²) in [6.07, 6.45) is 2.85. The van der Waals surface area contributed by atoms with Crippen LogP contribution in [0.15, 0.2) is 27.7 Å². The number of guanidine groups is 1. The van der Waals surface area contributed by atoms with Crippen LogP contribution in [0.4, 0.5) is 4.39 Å². The zero-order valence-electron chi connectivity index (χ0n) is 15.9. The van der Waals surface area contributed by atoms with Crippen LogP contribution in [0.2, 0.25) is 0 Å². The highest BCUT2D eigenvalue weighted by Gasteiger charge is 2.21. The summed E-state index contributed by atoms with van der Waals surface area (Å²) in [7, 11) is 0. The van der Waals surface area contributed by atoms with E-state index in [9.17, 15) is 4.39 Å². The molecule has 4 nitrogen and oxygen atoms in total. The number of nitrogens with zero attached hydrogens (tertiary/aromatic N) is 2. The van der Waals surface area contributed by atoms with Crippen LogP contribution in [0.5, 0.6) is 0 Å². The number of rotatable bonds is 6. The topological polar surface area (TPSA) is 39.7 Å². The second-order valence-corrected chi connectivity index (χ2v) is 7.71. The first-order valence-electron chi connectivity index (χ1n) is 9.22. The van der Waals surface area contributed by atoms with Gasteiger partial charge < -0.3 is 15.5 Å². The average molecular weight is 541 g/mol. The molecule has 2 N–H and O–H groups in total. The fraction of sp³-hybridized carbons (Fsp3) is 0.632. The first-order chi connectivity index (χ1) is 12.0.